The molecule has 262 valence electrons. The van der Waals surface area contributed by atoms with Gasteiger partial charge in [-0.1, -0.05) is 146 Å². The smallest absolute Gasteiger partial charge is 0.180 e. The van der Waals surface area contributed by atoms with E-state index in [0.29, 0.717) is 34.6 Å². The molecule has 0 aliphatic heterocycles. The van der Waals surface area contributed by atoms with Crippen molar-refractivity contribution in [1.29, 1.82) is 0 Å². The maximum Gasteiger partial charge on any atom is 0.180 e. The van der Waals surface area contributed by atoms with Crippen LogP contribution in [0.25, 0.3) is 106 Å². The number of rotatable bonds is 6. The van der Waals surface area contributed by atoms with Crippen LogP contribution in [0, 0.1) is 0 Å². The maximum absolute atomic E-state index is 6.57. The van der Waals surface area contributed by atoms with Gasteiger partial charge in [-0.2, -0.15) is 0 Å². The first-order valence-electron chi connectivity index (χ1n) is 18.5. The van der Waals surface area contributed by atoms with Crippen LogP contribution >= 0.6 is 0 Å². The fourth-order valence-electron chi connectivity index (χ4n) is 7.67. The molecule has 11 aromatic rings. The van der Waals surface area contributed by atoms with Crippen molar-refractivity contribution in [3.05, 3.63) is 182 Å². The molecule has 0 saturated heterocycles. The van der Waals surface area contributed by atoms with Crippen molar-refractivity contribution in [2.45, 2.75) is 0 Å². The van der Waals surface area contributed by atoms with Crippen molar-refractivity contribution >= 4 is 43.9 Å². The predicted molar refractivity (Wildman–Crippen MR) is 224 cm³/mol. The molecular formula is C49H30N6O. The summed E-state index contributed by atoms with van der Waals surface area (Å²) in [7, 11) is 0. The van der Waals surface area contributed by atoms with Crippen LogP contribution in [-0.4, -0.2) is 29.5 Å². The van der Waals surface area contributed by atoms with E-state index in [1.54, 1.807) is 0 Å². The van der Waals surface area contributed by atoms with Crippen molar-refractivity contribution in [1.82, 2.24) is 29.5 Å². The molecule has 4 aromatic heterocycles. The number of para-hydroxylation sites is 3. The van der Waals surface area contributed by atoms with Gasteiger partial charge < -0.3 is 8.98 Å². The average molecular weight is 719 g/mol. The number of hydrogen-bond donors (Lipinski definition) is 0. The van der Waals surface area contributed by atoms with Crippen LogP contribution in [0.3, 0.4) is 0 Å². The first-order chi connectivity index (χ1) is 27.8. The Labute approximate surface area is 321 Å². The zero-order valence-corrected chi connectivity index (χ0v) is 29.9. The first-order valence-corrected chi connectivity index (χ1v) is 18.5. The molecule has 7 nitrogen and oxygen atoms in total. The van der Waals surface area contributed by atoms with Crippen molar-refractivity contribution < 1.29 is 4.42 Å². The zero-order valence-electron chi connectivity index (χ0n) is 29.9. The molecule has 56 heavy (non-hydrogen) atoms. The minimum absolute atomic E-state index is 0.537. The highest BCUT2D eigenvalue weighted by Crippen LogP contribution is 2.41. The zero-order chi connectivity index (χ0) is 37.0. The van der Waals surface area contributed by atoms with Crippen LogP contribution in [0.2, 0.25) is 0 Å². The quantitative estimate of drug-likeness (QED) is 0.170. The van der Waals surface area contributed by atoms with Crippen LogP contribution in [-0.2, 0) is 0 Å². The third kappa shape index (κ3) is 5.25. The molecule has 0 radical (unpaired) electrons. The Balaban J connectivity index is 1.24. The summed E-state index contributed by atoms with van der Waals surface area (Å²) in [5.41, 5.74) is 10.3. The second-order valence-electron chi connectivity index (χ2n) is 13.7. The summed E-state index contributed by atoms with van der Waals surface area (Å²) in [6, 6.07) is 61.6. The van der Waals surface area contributed by atoms with Crippen LogP contribution in [0.15, 0.2) is 186 Å². The monoisotopic (exact) mass is 718 g/mol. The van der Waals surface area contributed by atoms with Gasteiger partial charge in [-0.3, -0.25) is 0 Å². The topological polar surface area (TPSA) is 82.5 Å². The fourth-order valence-corrected chi connectivity index (χ4v) is 7.67. The first kappa shape index (κ1) is 31.7. The van der Waals surface area contributed by atoms with Crippen LogP contribution < -0.4 is 0 Å². The van der Waals surface area contributed by atoms with E-state index in [-0.39, 0.29) is 0 Å². The predicted octanol–water partition coefficient (Wildman–Crippen LogP) is 12.0. The second kappa shape index (κ2) is 13.0. The lowest BCUT2D eigenvalue weighted by molar-refractivity contribution is 0.667. The van der Waals surface area contributed by atoms with Gasteiger partial charge in [-0.25, -0.2) is 24.9 Å². The van der Waals surface area contributed by atoms with E-state index in [4.69, 9.17) is 29.3 Å². The van der Waals surface area contributed by atoms with E-state index in [1.165, 1.54) is 0 Å². The van der Waals surface area contributed by atoms with Crippen LogP contribution in [0.4, 0.5) is 0 Å². The maximum atomic E-state index is 6.57. The van der Waals surface area contributed by atoms with E-state index < -0.39 is 0 Å². The SMILES string of the molecule is c1ccc(-c2nc(-c3ccccc3)nc(-c3cc(-c4nc(-c5ccccc5)nc5c4oc4ccccc45)ccc3-n3c4ccccc4c4ccccc43)n2)cc1. The molecule has 0 saturated carbocycles. The van der Waals surface area contributed by atoms with E-state index in [0.717, 1.165) is 71.8 Å². The Morgan fingerprint density at radius 2 is 0.857 bits per heavy atom. The molecule has 0 aliphatic carbocycles. The van der Waals surface area contributed by atoms with Crippen molar-refractivity contribution in [3.8, 4) is 62.5 Å². The third-order valence-electron chi connectivity index (χ3n) is 10.3. The van der Waals surface area contributed by atoms with Crippen LogP contribution in [0.1, 0.15) is 0 Å². The average Bonchev–Trinajstić information content (AvgIpc) is 3.82. The van der Waals surface area contributed by atoms with E-state index >= 15 is 0 Å². The number of hydrogen-bond acceptors (Lipinski definition) is 6. The number of nitrogens with zero attached hydrogens (tertiary/aromatic N) is 6. The highest BCUT2D eigenvalue weighted by Gasteiger charge is 2.23. The molecule has 4 heterocycles. The van der Waals surface area contributed by atoms with E-state index in [9.17, 15) is 0 Å². The van der Waals surface area contributed by atoms with Gasteiger partial charge in [0.2, 0.25) is 0 Å². The second-order valence-corrected chi connectivity index (χ2v) is 13.7. The van der Waals surface area contributed by atoms with E-state index in [1.807, 2.05) is 115 Å². The van der Waals surface area contributed by atoms with Gasteiger partial charge >= 0.3 is 0 Å². The number of benzene rings is 7. The van der Waals surface area contributed by atoms with Crippen LogP contribution in [0.5, 0.6) is 0 Å². The van der Waals surface area contributed by atoms with Gasteiger partial charge in [0, 0.05) is 44.0 Å². The van der Waals surface area contributed by atoms with Gasteiger partial charge in [0.25, 0.3) is 0 Å². The molecule has 0 spiro atoms. The van der Waals surface area contributed by atoms with Gasteiger partial charge in [0.05, 0.1) is 16.7 Å². The molecule has 7 aromatic carbocycles. The molecule has 0 fully saturated rings. The Morgan fingerprint density at radius 3 is 1.45 bits per heavy atom. The summed E-state index contributed by atoms with van der Waals surface area (Å²) in [4.78, 5) is 25.8. The molecule has 0 aliphatic rings. The fraction of sp³-hybridized carbons (Fsp3) is 0. The summed E-state index contributed by atoms with van der Waals surface area (Å²) < 4.78 is 8.88. The standard InChI is InChI=1S/C49H30N6O/c1-4-16-31(17-5-1)46-50-43(45-44(51-46)37-24-12-15-27-42(37)56-45)34-28-29-41(55-39-25-13-10-22-35(39)36-23-11-14-26-40(36)55)38(30-34)49-53-47(32-18-6-2-7-19-32)52-48(54-49)33-20-8-3-9-21-33/h1-30H. The number of fused-ring (bicyclic) bond motifs is 6. The summed E-state index contributed by atoms with van der Waals surface area (Å²) in [6.45, 7) is 0. The Kier molecular flexibility index (Phi) is 7.35. The molecular weight excluding hydrogens is 689 g/mol. The summed E-state index contributed by atoms with van der Waals surface area (Å²) in [6.07, 6.45) is 0. The molecule has 0 atom stereocenters. The van der Waals surface area contributed by atoms with Gasteiger partial charge in [-0.05, 0) is 36.4 Å². The highest BCUT2D eigenvalue weighted by molar-refractivity contribution is 6.10. The van der Waals surface area contributed by atoms with E-state index in [2.05, 4.69) is 71.3 Å². The summed E-state index contributed by atoms with van der Waals surface area (Å²) in [5, 5.41) is 3.26. The molecule has 0 amide bonds. The number of furan rings is 1. The van der Waals surface area contributed by atoms with Crippen molar-refractivity contribution in [3.63, 3.8) is 0 Å². The molecule has 0 bridgehead atoms. The lowest BCUT2D eigenvalue weighted by Gasteiger charge is -2.16. The largest absolute Gasteiger partial charge is 0.452 e. The highest BCUT2D eigenvalue weighted by atomic mass is 16.3. The summed E-state index contributed by atoms with van der Waals surface area (Å²) >= 11 is 0. The minimum atomic E-state index is 0.537. The van der Waals surface area contributed by atoms with Gasteiger partial charge in [-0.15, -0.1) is 0 Å². The van der Waals surface area contributed by atoms with Crippen molar-refractivity contribution in [2.75, 3.05) is 0 Å². The van der Waals surface area contributed by atoms with Gasteiger partial charge in [0.15, 0.2) is 28.9 Å². The lowest BCUT2D eigenvalue weighted by atomic mass is 10.0. The molecule has 7 heteroatoms. The lowest BCUT2D eigenvalue weighted by Crippen LogP contribution is -2.04. The van der Waals surface area contributed by atoms with Gasteiger partial charge in [0.1, 0.15) is 16.8 Å². The molecule has 0 N–H and O–H groups in total. The Hall–Kier alpha value is -7.77. The number of aromatic nitrogens is 6. The van der Waals surface area contributed by atoms with Crippen molar-refractivity contribution in [2.24, 2.45) is 0 Å². The summed E-state index contributed by atoms with van der Waals surface area (Å²) in [5.74, 6) is 2.32. The Morgan fingerprint density at radius 1 is 0.375 bits per heavy atom. The minimum Gasteiger partial charge on any atom is -0.452 e. The molecule has 11 rings (SSSR count). The normalized spacial score (nSPS) is 11.6. The molecule has 0 unspecified atom stereocenters. The third-order valence-corrected chi connectivity index (χ3v) is 10.3. The Bertz CT molecular complexity index is 3140.